The van der Waals surface area contributed by atoms with E-state index in [2.05, 4.69) is 50.3 Å². The number of allylic oxidation sites excluding steroid dienone is 6. The third kappa shape index (κ3) is 34.0. The Bertz CT molecular complexity index is 924. The van der Waals surface area contributed by atoms with Crippen molar-refractivity contribution in [2.45, 2.75) is 161 Å². The highest BCUT2D eigenvalue weighted by Crippen LogP contribution is 2.12. The summed E-state index contributed by atoms with van der Waals surface area (Å²) in [6.45, 7) is 4.59. The summed E-state index contributed by atoms with van der Waals surface area (Å²) in [7, 11) is 5.89. The van der Waals surface area contributed by atoms with Gasteiger partial charge in [0.25, 0.3) is 0 Å². The molecule has 0 aromatic heterocycles. The number of aliphatic carboxylic acids is 1. The number of esters is 2. The number of hydrogen-bond acceptors (Lipinski definition) is 8. The highest BCUT2D eigenvalue weighted by atomic mass is 16.7. The SMILES string of the molecule is CCC/C=C\C/C=C\CCCCCCCC(=O)OC(COC(=O)CCCCCCC/C=C\CCCCC)COC(OCC[N+](C)(C)C)C(=O)[O-]. The van der Waals surface area contributed by atoms with Crippen molar-refractivity contribution in [3.05, 3.63) is 36.5 Å². The molecule has 9 nitrogen and oxygen atoms in total. The summed E-state index contributed by atoms with van der Waals surface area (Å²) in [6, 6.07) is 0. The molecule has 0 rings (SSSR count). The average molecular weight is 708 g/mol. The first-order valence-corrected chi connectivity index (χ1v) is 19.6. The van der Waals surface area contributed by atoms with Crippen LogP contribution in [0.1, 0.15) is 149 Å². The third-order valence-corrected chi connectivity index (χ3v) is 8.09. The molecule has 0 bridgehead atoms. The van der Waals surface area contributed by atoms with Crippen molar-refractivity contribution in [3.8, 4) is 0 Å². The van der Waals surface area contributed by atoms with Gasteiger partial charge < -0.3 is 33.3 Å². The van der Waals surface area contributed by atoms with E-state index in [9.17, 15) is 19.5 Å². The molecule has 2 unspecified atom stereocenters. The molecule has 0 aliphatic carbocycles. The van der Waals surface area contributed by atoms with Crippen molar-refractivity contribution in [1.29, 1.82) is 0 Å². The second-order valence-electron chi connectivity index (χ2n) is 14.2. The number of quaternary nitrogens is 1. The fourth-order valence-corrected chi connectivity index (χ4v) is 4.98. The molecule has 0 aromatic rings. The van der Waals surface area contributed by atoms with Crippen LogP contribution in [0, 0.1) is 0 Å². The predicted octanol–water partition coefficient (Wildman–Crippen LogP) is 8.16. The second kappa shape index (κ2) is 33.6. The Morgan fingerprint density at radius 3 is 1.68 bits per heavy atom. The molecular weight excluding hydrogens is 634 g/mol. The van der Waals surface area contributed by atoms with Crippen LogP contribution in [-0.4, -0.2) is 82.3 Å². The van der Waals surface area contributed by atoms with E-state index in [-0.39, 0.29) is 38.6 Å². The molecule has 50 heavy (non-hydrogen) atoms. The number of rotatable bonds is 35. The van der Waals surface area contributed by atoms with Crippen LogP contribution >= 0.6 is 0 Å². The molecule has 0 heterocycles. The van der Waals surface area contributed by atoms with Crippen LogP contribution in [0.25, 0.3) is 0 Å². The summed E-state index contributed by atoms with van der Waals surface area (Å²) in [5, 5.41) is 11.6. The number of carboxylic acids is 1. The average Bonchev–Trinajstić information content (AvgIpc) is 3.06. The van der Waals surface area contributed by atoms with Crippen molar-refractivity contribution in [1.82, 2.24) is 0 Å². The molecule has 0 amide bonds. The number of hydrogen-bond donors (Lipinski definition) is 0. The van der Waals surface area contributed by atoms with Gasteiger partial charge >= 0.3 is 11.9 Å². The van der Waals surface area contributed by atoms with Crippen LogP contribution in [0.3, 0.4) is 0 Å². The molecule has 0 fully saturated rings. The largest absolute Gasteiger partial charge is 0.545 e. The molecule has 290 valence electrons. The van der Waals surface area contributed by atoms with Crippen molar-refractivity contribution < 1.29 is 42.9 Å². The van der Waals surface area contributed by atoms with Gasteiger partial charge in [-0.1, -0.05) is 108 Å². The molecule has 0 saturated carbocycles. The van der Waals surface area contributed by atoms with Crippen LogP contribution < -0.4 is 5.11 Å². The number of nitrogens with zero attached hydrogens (tertiary/aromatic N) is 1. The van der Waals surface area contributed by atoms with Gasteiger partial charge in [0.2, 0.25) is 0 Å². The lowest BCUT2D eigenvalue weighted by atomic mass is 10.1. The molecule has 0 aliphatic heterocycles. The number of carboxylic acid groups (broad SMARTS) is 1. The maximum atomic E-state index is 12.7. The second-order valence-corrected chi connectivity index (χ2v) is 14.2. The number of ether oxygens (including phenoxy) is 4. The first-order chi connectivity index (χ1) is 24.1. The number of carbonyl (C=O) groups is 3. The Hall–Kier alpha value is -2.49. The Morgan fingerprint density at radius 2 is 1.12 bits per heavy atom. The fraction of sp³-hybridized carbons (Fsp3) is 0.780. The van der Waals surface area contributed by atoms with E-state index >= 15 is 0 Å². The van der Waals surface area contributed by atoms with Crippen molar-refractivity contribution in [3.63, 3.8) is 0 Å². The summed E-state index contributed by atoms with van der Waals surface area (Å²) in [4.78, 5) is 36.7. The van der Waals surface area contributed by atoms with Gasteiger partial charge in [0.05, 0.1) is 40.3 Å². The van der Waals surface area contributed by atoms with Gasteiger partial charge in [-0.3, -0.25) is 9.59 Å². The molecule has 0 radical (unpaired) electrons. The first kappa shape index (κ1) is 47.5. The molecule has 0 saturated heterocycles. The van der Waals surface area contributed by atoms with Gasteiger partial charge in [-0.25, -0.2) is 0 Å². The van der Waals surface area contributed by atoms with Gasteiger partial charge in [0.15, 0.2) is 12.4 Å². The van der Waals surface area contributed by atoms with E-state index in [1.54, 1.807) is 0 Å². The zero-order chi connectivity index (χ0) is 37.1. The van der Waals surface area contributed by atoms with E-state index < -0.39 is 24.3 Å². The molecular formula is C41H73NO8. The van der Waals surface area contributed by atoms with Crippen LogP contribution in [0.15, 0.2) is 36.5 Å². The van der Waals surface area contributed by atoms with Crippen LogP contribution in [0.5, 0.6) is 0 Å². The zero-order valence-electron chi connectivity index (χ0n) is 32.5. The number of unbranched alkanes of at least 4 members (excludes halogenated alkanes) is 14. The van der Waals surface area contributed by atoms with Crippen LogP contribution in [0.4, 0.5) is 0 Å². The van der Waals surface area contributed by atoms with Gasteiger partial charge in [0.1, 0.15) is 13.2 Å². The normalized spacial score (nSPS) is 13.4. The van der Waals surface area contributed by atoms with E-state index in [0.717, 1.165) is 83.5 Å². The van der Waals surface area contributed by atoms with Crippen LogP contribution in [0.2, 0.25) is 0 Å². The predicted molar refractivity (Wildman–Crippen MR) is 200 cm³/mol. The molecule has 0 aromatic carbocycles. The van der Waals surface area contributed by atoms with Crippen molar-refractivity contribution in [2.24, 2.45) is 0 Å². The molecule has 0 N–H and O–H groups in total. The maximum Gasteiger partial charge on any atom is 0.306 e. The Morgan fingerprint density at radius 1 is 0.600 bits per heavy atom. The van der Waals surface area contributed by atoms with Gasteiger partial charge in [-0.15, -0.1) is 0 Å². The number of carbonyl (C=O) groups excluding carboxylic acids is 3. The zero-order valence-corrected chi connectivity index (χ0v) is 32.5. The molecule has 0 aliphatic rings. The third-order valence-electron chi connectivity index (χ3n) is 8.09. The lowest BCUT2D eigenvalue weighted by Gasteiger charge is -2.26. The monoisotopic (exact) mass is 708 g/mol. The lowest BCUT2D eigenvalue weighted by molar-refractivity contribution is -0.870. The minimum absolute atomic E-state index is 0.143. The lowest BCUT2D eigenvalue weighted by Crippen LogP contribution is -2.44. The van der Waals surface area contributed by atoms with Gasteiger partial charge in [-0.05, 0) is 64.2 Å². The van der Waals surface area contributed by atoms with Crippen molar-refractivity contribution in [2.75, 3.05) is 47.5 Å². The Kier molecular flexibility index (Phi) is 32.0. The van der Waals surface area contributed by atoms with Crippen LogP contribution in [-0.2, 0) is 33.3 Å². The van der Waals surface area contributed by atoms with E-state index in [1.807, 2.05) is 21.1 Å². The molecule has 0 spiro atoms. The summed E-state index contributed by atoms with van der Waals surface area (Å²) >= 11 is 0. The van der Waals surface area contributed by atoms with Crippen molar-refractivity contribution >= 4 is 17.9 Å². The topological polar surface area (TPSA) is 111 Å². The fourth-order valence-electron chi connectivity index (χ4n) is 4.98. The maximum absolute atomic E-state index is 12.7. The minimum atomic E-state index is -1.62. The minimum Gasteiger partial charge on any atom is -0.545 e. The Labute approximate surface area is 305 Å². The first-order valence-electron chi connectivity index (χ1n) is 19.6. The Balaban J connectivity index is 4.57. The summed E-state index contributed by atoms with van der Waals surface area (Å²) in [6.07, 6.45) is 31.7. The smallest absolute Gasteiger partial charge is 0.306 e. The summed E-state index contributed by atoms with van der Waals surface area (Å²) < 4.78 is 22.4. The van der Waals surface area contributed by atoms with E-state index in [4.69, 9.17) is 18.9 Å². The highest BCUT2D eigenvalue weighted by molar-refractivity contribution is 5.70. The molecule has 2 atom stereocenters. The standard InChI is InChI=1S/C41H73NO8/c1-6-8-10-12-14-16-18-20-22-24-26-28-30-32-39(44)50-37(36-49-41(40(45)46)47-34-33-42(3,4)5)35-48-38(43)31-29-27-25-23-21-19-17-15-13-11-9-7-2/h10,12,15-18,37,41H,6-9,11,13-14,19-36H2,1-5H3/b12-10-,17-15-,18-16-. The van der Waals surface area contributed by atoms with Gasteiger partial charge in [-0.2, -0.15) is 0 Å². The van der Waals surface area contributed by atoms with Gasteiger partial charge in [0, 0.05) is 12.8 Å². The molecule has 9 heteroatoms. The quantitative estimate of drug-likeness (QED) is 0.0213. The summed E-state index contributed by atoms with van der Waals surface area (Å²) in [5.41, 5.74) is 0. The summed E-state index contributed by atoms with van der Waals surface area (Å²) in [5.74, 6) is -2.32. The van der Waals surface area contributed by atoms with E-state index in [1.165, 1.54) is 32.1 Å². The van der Waals surface area contributed by atoms with E-state index in [0.29, 0.717) is 17.4 Å². The number of likely N-dealkylation sites (N-methyl/N-ethyl adjacent to an activating group) is 1. The highest BCUT2D eigenvalue weighted by Gasteiger charge is 2.21.